The molecule has 0 atom stereocenters. The number of ether oxygens (including phenoxy) is 3. The van der Waals surface area contributed by atoms with Crippen molar-refractivity contribution < 1.29 is 19.0 Å². The lowest BCUT2D eigenvalue weighted by atomic mass is 10.1. The molecule has 6 heteroatoms. The van der Waals surface area contributed by atoms with Gasteiger partial charge in [0.15, 0.2) is 11.5 Å². The van der Waals surface area contributed by atoms with E-state index in [0.29, 0.717) is 35.2 Å². The number of amides is 1. The van der Waals surface area contributed by atoms with Gasteiger partial charge in [0.2, 0.25) is 6.79 Å². The molecule has 24 heavy (non-hydrogen) atoms. The van der Waals surface area contributed by atoms with E-state index in [9.17, 15) is 4.79 Å². The largest absolute Gasteiger partial charge is 0.496 e. The SMILES string of the molecule is CCN(Cc1ccc2c(c1)OCO2)C(=O)c1cc(Cl)ccc1OC. The number of carbonyl (C=O) groups excluding carboxylic acids is 1. The van der Waals surface area contributed by atoms with Gasteiger partial charge in [0.1, 0.15) is 5.75 Å². The van der Waals surface area contributed by atoms with Crippen LogP contribution >= 0.6 is 11.6 Å². The molecular formula is C18H18ClNO4. The molecule has 0 radical (unpaired) electrons. The summed E-state index contributed by atoms with van der Waals surface area (Å²) in [5, 5.41) is 0.498. The van der Waals surface area contributed by atoms with Crippen LogP contribution in [0.1, 0.15) is 22.8 Å². The third kappa shape index (κ3) is 3.26. The van der Waals surface area contributed by atoms with E-state index in [1.807, 2.05) is 25.1 Å². The first-order valence-electron chi connectivity index (χ1n) is 7.63. The fourth-order valence-corrected chi connectivity index (χ4v) is 2.78. The highest BCUT2D eigenvalue weighted by atomic mass is 35.5. The van der Waals surface area contributed by atoms with E-state index in [0.717, 1.165) is 11.3 Å². The van der Waals surface area contributed by atoms with Gasteiger partial charge in [-0.25, -0.2) is 0 Å². The first-order chi connectivity index (χ1) is 11.6. The Hall–Kier alpha value is -2.40. The molecule has 1 aliphatic rings. The Morgan fingerprint density at radius 3 is 2.75 bits per heavy atom. The predicted molar refractivity (Wildman–Crippen MR) is 91.0 cm³/mol. The monoisotopic (exact) mass is 347 g/mol. The Kier molecular flexibility index (Phi) is 4.81. The molecule has 0 unspecified atom stereocenters. The van der Waals surface area contributed by atoms with Crippen molar-refractivity contribution in [3.05, 3.63) is 52.5 Å². The van der Waals surface area contributed by atoms with Crippen LogP contribution in [-0.2, 0) is 6.54 Å². The molecule has 3 rings (SSSR count). The molecule has 2 aromatic rings. The maximum atomic E-state index is 12.9. The van der Waals surface area contributed by atoms with Crippen molar-refractivity contribution in [1.29, 1.82) is 0 Å². The fourth-order valence-electron chi connectivity index (χ4n) is 2.60. The number of methoxy groups -OCH3 is 1. The smallest absolute Gasteiger partial charge is 0.257 e. The van der Waals surface area contributed by atoms with Gasteiger partial charge in [-0.05, 0) is 42.8 Å². The highest BCUT2D eigenvalue weighted by Crippen LogP contribution is 2.33. The fraction of sp³-hybridized carbons (Fsp3) is 0.278. The molecule has 0 fully saturated rings. The lowest BCUT2D eigenvalue weighted by Gasteiger charge is -2.22. The maximum absolute atomic E-state index is 12.9. The van der Waals surface area contributed by atoms with Gasteiger partial charge >= 0.3 is 0 Å². The van der Waals surface area contributed by atoms with E-state index in [2.05, 4.69) is 0 Å². The molecule has 1 amide bonds. The van der Waals surface area contributed by atoms with Crippen LogP contribution in [0.25, 0.3) is 0 Å². The van der Waals surface area contributed by atoms with Crippen molar-refractivity contribution in [2.45, 2.75) is 13.5 Å². The zero-order valence-electron chi connectivity index (χ0n) is 13.5. The van der Waals surface area contributed by atoms with Crippen molar-refractivity contribution in [1.82, 2.24) is 4.90 Å². The van der Waals surface area contributed by atoms with E-state index in [1.54, 1.807) is 23.1 Å². The summed E-state index contributed by atoms with van der Waals surface area (Å²) < 4.78 is 16.0. The molecule has 2 aromatic carbocycles. The molecule has 0 N–H and O–H groups in total. The minimum Gasteiger partial charge on any atom is -0.496 e. The Morgan fingerprint density at radius 2 is 2.00 bits per heavy atom. The van der Waals surface area contributed by atoms with Crippen LogP contribution in [0.4, 0.5) is 0 Å². The summed E-state index contributed by atoms with van der Waals surface area (Å²) in [7, 11) is 1.54. The van der Waals surface area contributed by atoms with Crippen LogP contribution in [-0.4, -0.2) is 31.3 Å². The number of hydrogen-bond acceptors (Lipinski definition) is 4. The van der Waals surface area contributed by atoms with Gasteiger partial charge in [-0.2, -0.15) is 0 Å². The van der Waals surface area contributed by atoms with Crippen molar-refractivity contribution in [2.75, 3.05) is 20.4 Å². The molecule has 0 saturated heterocycles. The number of benzene rings is 2. The molecular weight excluding hydrogens is 330 g/mol. The van der Waals surface area contributed by atoms with Gasteiger partial charge in [-0.15, -0.1) is 0 Å². The maximum Gasteiger partial charge on any atom is 0.257 e. The minimum absolute atomic E-state index is 0.130. The van der Waals surface area contributed by atoms with Crippen LogP contribution in [0.15, 0.2) is 36.4 Å². The molecule has 0 spiro atoms. The highest BCUT2D eigenvalue weighted by Gasteiger charge is 2.20. The van der Waals surface area contributed by atoms with Gasteiger partial charge in [0, 0.05) is 18.1 Å². The van der Waals surface area contributed by atoms with Crippen LogP contribution in [0.2, 0.25) is 5.02 Å². The Balaban J connectivity index is 1.83. The molecule has 126 valence electrons. The standard InChI is InChI=1S/C18H18ClNO4/c1-3-20(10-12-4-6-16-17(8-12)24-11-23-16)18(21)14-9-13(19)5-7-15(14)22-2/h4-9H,3,10-11H2,1-2H3. The minimum atomic E-state index is -0.130. The van der Waals surface area contributed by atoms with E-state index in [4.69, 9.17) is 25.8 Å². The second-order valence-electron chi connectivity index (χ2n) is 5.35. The van der Waals surface area contributed by atoms with Gasteiger partial charge in [-0.1, -0.05) is 17.7 Å². The molecule has 5 nitrogen and oxygen atoms in total. The molecule has 0 aromatic heterocycles. The second kappa shape index (κ2) is 7.01. The Labute approximate surface area is 145 Å². The summed E-state index contributed by atoms with van der Waals surface area (Å²) in [6.07, 6.45) is 0. The Bertz CT molecular complexity index is 763. The van der Waals surface area contributed by atoms with Crippen LogP contribution in [0, 0.1) is 0 Å². The number of halogens is 1. The molecule has 0 bridgehead atoms. The molecule has 1 heterocycles. The molecule has 0 saturated carbocycles. The summed E-state index contributed by atoms with van der Waals surface area (Å²) in [4.78, 5) is 14.6. The first kappa shape index (κ1) is 16.5. The van der Waals surface area contributed by atoms with E-state index in [-0.39, 0.29) is 12.7 Å². The van der Waals surface area contributed by atoms with Crippen LogP contribution in [0.3, 0.4) is 0 Å². The van der Waals surface area contributed by atoms with E-state index < -0.39 is 0 Å². The number of nitrogens with zero attached hydrogens (tertiary/aromatic N) is 1. The van der Waals surface area contributed by atoms with Crippen molar-refractivity contribution >= 4 is 17.5 Å². The summed E-state index contributed by atoms with van der Waals surface area (Å²) in [6, 6.07) is 10.7. The van der Waals surface area contributed by atoms with Crippen LogP contribution < -0.4 is 14.2 Å². The molecule has 0 aliphatic carbocycles. The zero-order chi connectivity index (χ0) is 17.1. The lowest BCUT2D eigenvalue weighted by molar-refractivity contribution is 0.0749. The van der Waals surface area contributed by atoms with Crippen molar-refractivity contribution in [3.63, 3.8) is 0 Å². The summed E-state index contributed by atoms with van der Waals surface area (Å²) in [5.41, 5.74) is 1.42. The number of carbonyl (C=O) groups is 1. The quantitative estimate of drug-likeness (QED) is 0.826. The average Bonchev–Trinajstić information content (AvgIpc) is 3.06. The summed E-state index contributed by atoms with van der Waals surface area (Å²) in [5.74, 6) is 1.81. The van der Waals surface area contributed by atoms with Gasteiger partial charge in [0.05, 0.1) is 12.7 Å². The second-order valence-corrected chi connectivity index (χ2v) is 5.79. The first-order valence-corrected chi connectivity index (χ1v) is 8.01. The average molecular weight is 348 g/mol. The van der Waals surface area contributed by atoms with Gasteiger partial charge < -0.3 is 19.1 Å². The van der Waals surface area contributed by atoms with Crippen molar-refractivity contribution in [3.8, 4) is 17.2 Å². The Morgan fingerprint density at radius 1 is 1.21 bits per heavy atom. The number of rotatable bonds is 5. The lowest BCUT2D eigenvalue weighted by Crippen LogP contribution is -2.30. The molecule has 1 aliphatic heterocycles. The number of fused-ring (bicyclic) bond motifs is 1. The summed E-state index contributed by atoms with van der Waals surface area (Å²) in [6.45, 7) is 3.18. The highest BCUT2D eigenvalue weighted by molar-refractivity contribution is 6.31. The van der Waals surface area contributed by atoms with Gasteiger partial charge in [-0.3, -0.25) is 4.79 Å². The van der Waals surface area contributed by atoms with E-state index in [1.165, 1.54) is 7.11 Å². The van der Waals surface area contributed by atoms with Crippen molar-refractivity contribution in [2.24, 2.45) is 0 Å². The summed E-state index contributed by atoms with van der Waals surface area (Å²) >= 11 is 6.03. The zero-order valence-corrected chi connectivity index (χ0v) is 14.3. The van der Waals surface area contributed by atoms with E-state index >= 15 is 0 Å². The number of hydrogen-bond donors (Lipinski definition) is 0. The van der Waals surface area contributed by atoms with Crippen LogP contribution in [0.5, 0.6) is 17.2 Å². The predicted octanol–water partition coefficient (Wildman–Crippen LogP) is 3.74. The normalized spacial score (nSPS) is 12.1. The topological polar surface area (TPSA) is 48.0 Å². The third-order valence-electron chi connectivity index (χ3n) is 3.87. The van der Waals surface area contributed by atoms with Gasteiger partial charge in [0.25, 0.3) is 5.91 Å². The third-order valence-corrected chi connectivity index (χ3v) is 4.11.